The van der Waals surface area contributed by atoms with Crippen molar-refractivity contribution in [2.24, 2.45) is 0 Å². The SMILES string of the molecule is Cl.O=C(c1ccc(-c2ccc(F)cc2)s1)N1CCC2CCC(C1)N2. The lowest BCUT2D eigenvalue weighted by atomic mass is 10.1. The lowest BCUT2D eigenvalue weighted by Crippen LogP contribution is -2.38. The van der Waals surface area contributed by atoms with E-state index >= 15 is 0 Å². The minimum absolute atomic E-state index is 0. The Morgan fingerprint density at radius 3 is 2.62 bits per heavy atom. The van der Waals surface area contributed by atoms with Gasteiger partial charge < -0.3 is 10.2 Å². The second kappa shape index (κ2) is 7.21. The van der Waals surface area contributed by atoms with Crippen molar-refractivity contribution in [1.29, 1.82) is 0 Å². The third kappa shape index (κ3) is 3.48. The molecule has 1 N–H and O–H groups in total. The Bertz CT molecular complexity index is 718. The first kappa shape index (κ1) is 17.4. The molecule has 3 nitrogen and oxygen atoms in total. The number of amides is 1. The average molecular weight is 367 g/mol. The summed E-state index contributed by atoms with van der Waals surface area (Å²) in [5, 5.41) is 3.60. The van der Waals surface area contributed by atoms with Crippen LogP contribution in [0.4, 0.5) is 4.39 Å². The van der Waals surface area contributed by atoms with Gasteiger partial charge in [-0.1, -0.05) is 12.1 Å². The number of hydrogen-bond donors (Lipinski definition) is 1. The van der Waals surface area contributed by atoms with Crippen molar-refractivity contribution >= 4 is 29.7 Å². The Balaban J connectivity index is 0.00000169. The first-order chi connectivity index (χ1) is 11.2. The van der Waals surface area contributed by atoms with E-state index in [4.69, 9.17) is 0 Å². The molecule has 6 heteroatoms. The molecule has 1 aromatic heterocycles. The first-order valence-electron chi connectivity index (χ1n) is 8.10. The largest absolute Gasteiger partial charge is 0.336 e. The molecule has 2 aromatic rings. The zero-order valence-electron chi connectivity index (χ0n) is 13.2. The van der Waals surface area contributed by atoms with Crippen LogP contribution in [0.25, 0.3) is 10.4 Å². The Hall–Kier alpha value is -1.43. The summed E-state index contributed by atoms with van der Waals surface area (Å²) in [4.78, 5) is 16.5. The van der Waals surface area contributed by atoms with E-state index in [9.17, 15) is 9.18 Å². The van der Waals surface area contributed by atoms with Gasteiger partial charge >= 0.3 is 0 Å². The van der Waals surface area contributed by atoms with Crippen molar-refractivity contribution in [2.75, 3.05) is 13.1 Å². The fourth-order valence-electron chi connectivity index (χ4n) is 3.51. The van der Waals surface area contributed by atoms with Gasteiger partial charge in [-0.2, -0.15) is 0 Å². The van der Waals surface area contributed by atoms with E-state index in [1.807, 2.05) is 17.0 Å². The summed E-state index contributed by atoms with van der Waals surface area (Å²) in [6, 6.07) is 11.3. The van der Waals surface area contributed by atoms with Gasteiger partial charge in [0.1, 0.15) is 5.82 Å². The smallest absolute Gasteiger partial charge is 0.263 e. The van der Waals surface area contributed by atoms with Crippen LogP contribution in [0.2, 0.25) is 0 Å². The Labute approximate surface area is 151 Å². The third-order valence-corrected chi connectivity index (χ3v) is 5.88. The second-order valence-electron chi connectivity index (χ2n) is 6.35. The molecule has 24 heavy (non-hydrogen) atoms. The molecule has 0 radical (unpaired) electrons. The summed E-state index contributed by atoms with van der Waals surface area (Å²) in [7, 11) is 0. The van der Waals surface area contributed by atoms with Crippen LogP contribution in [0, 0.1) is 5.82 Å². The topological polar surface area (TPSA) is 32.3 Å². The minimum atomic E-state index is -0.242. The molecule has 2 bridgehead atoms. The number of nitrogens with zero attached hydrogens (tertiary/aromatic N) is 1. The van der Waals surface area contributed by atoms with E-state index in [0.29, 0.717) is 12.1 Å². The predicted molar refractivity (Wildman–Crippen MR) is 97.4 cm³/mol. The molecule has 2 aliphatic rings. The quantitative estimate of drug-likeness (QED) is 0.873. The number of likely N-dealkylation sites (tertiary alicyclic amines) is 1. The second-order valence-corrected chi connectivity index (χ2v) is 7.43. The zero-order valence-corrected chi connectivity index (χ0v) is 14.8. The highest BCUT2D eigenvalue weighted by atomic mass is 35.5. The van der Waals surface area contributed by atoms with Gasteiger partial charge in [-0.15, -0.1) is 23.7 Å². The van der Waals surface area contributed by atoms with Gasteiger partial charge in [0.2, 0.25) is 0 Å². The number of benzene rings is 1. The summed E-state index contributed by atoms with van der Waals surface area (Å²) in [5.74, 6) is -0.119. The molecule has 2 aliphatic heterocycles. The number of thiophene rings is 1. The highest BCUT2D eigenvalue weighted by Crippen LogP contribution is 2.30. The Morgan fingerprint density at radius 2 is 1.83 bits per heavy atom. The first-order valence-corrected chi connectivity index (χ1v) is 8.92. The lowest BCUT2D eigenvalue weighted by Gasteiger charge is -2.23. The number of nitrogens with one attached hydrogen (secondary N) is 1. The summed E-state index contributed by atoms with van der Waals surface area (Å²) >= 11 is 1.49. The van der Waals surface area contributed by atoms with Crippen molar-refractivity contribution in [3.05, 3.63) is 47.1 Å². The molecule has 1 amide bonds. The molecule has 2 fully saturated rings. The van der Waals surface area contributed by atoms with Gasteiger partial charge in [0.25, 0.3) is 5.91 Å². The van der Waals surface area contributed by atoms with Crippen molar-refractivity contribution < 1.29 is 9.18 Å². The summed E-state index contributed by atoms with van der Waals surface area (Å²) in [6.07, 6.45) is 3.44. The standard InChI is InChI=1S/C18H19FN2OS.ClH/c19-13-3-1-12(2-4-13)16-7-8-17(23-16)18(22)21-10-9-14-5-6-15(11-21)20-14;/h1-4,7-8,14-15,20H,5-6,9-11H2;1H. The highest BCUT2D eigenvalue weighted by Gasteiger charge is 2.31. The number of halogens is 2. The summed E-state index contributed by atoms with van der Waals surface area (Å²) in [6.45, 7) is 1.63. The lowest BCUT2D eigenvalue weighted by molar-refractivity contribution is 0.0753. The molecular formula is C18H20ClFN2OS. The van der Waals surface area contributed by atoms with Crippen molar-refractivity contribution in [3.63, 3.8) is 0 Å². The minimum Gasteiger partial charge on any atom is -0.336 e. The van der Waals surface area contributed by atoms with E-state index in [-0.39, 0.29) is 24.1 Å². The molecule has 4 rings (SSSR count). The van der Waals surface area contributed by atoms with Gasteiger partial charge in [0.05, 0.1) is 4.88 Å². The molecule has 2 atom stereocenters. The molecule has 128 valence electrons. The fraction of sp³-hybridized carbons (Fsp3) is 0.389. The average Bonchev–Trinajstić information content (AvgIpc) is 3.14. The van der Waals surface area contributed by atoms with Crippen LogP contribution in [-0.4, -0.2) is 36.0 Å². The van der Waals surface area contributed by atoms with Crippen LogP contribution in [0.15, 0.2) is 36.4 Å². The van der Waals surface area contributed by atoms with Crippen LogP contribution in [-0.2, 0) is 0 Å². The van der Waals surface area contributed by atoms with Crippen LogP contribution >= 0.6 is 23.7 Å². The van der Waals surface area contributed by atoms with Gasteiger partial charge in [-0.05, 0) is 49.1 Å². The van der Waals surface area contributed by atoms with Gasteiger partial charge in [0, 0.05) is 30.1 Å². The van der Waals surface area contributed by atoms with Crippen LogP contribution in [0.1, 0.15) is 28.9 Å². The number of carbonyl (C=O) groups excluding carboxylic acids is 1. The Kier molecular flexibility index (Phi) is 5.23. The van der Waals surface area contributed by atoms with E-state index in [1.165, 1.54) is 36.3 Å². The molecule has 0 aliphatic carbocycles. The van der Waals surface area contributed by atoms with E-state index in [2.05, 4.69) is 5.32 Å². The number of hydrogen-bond acceptors (Lipinski definition) is 3. The van der Waals surface area contributed by atoms with E-state index < -0.39 is 0 Å². The normalized spacial score (nSPS) is 22.8. The van der Waals surface area contributed by atoms with Gasteiger partial charge in [-0.3, -0.25) is 4.79 Å². The fourth-order valence-corrected chi connectivity index (χ4v) is 4.48. The molecule has 2 unspecified atom stereocenters. The van der Waals surface area contributed by atoms with Crippen molar-refractivity contribution in [2.45, 2.75) is 31.3 Å². The maximum atomic E-state index is 13.0. The van der Waals surface area contributed by atoms with Crippen LogP contribution in [0.3, 0.4) is 0 Å². The van der Waals surface area contributed by atoms with Crippen LogP contribution < -0.4 is 5.32 Å². The maximum Gasteiger partial charge on any atom is 0.263 e. The number of carbonyl (C=O) groups is 1. The van der Waals surface area contributed by atoms with E-state index in [1.54, 1.807) is 12.1 Å². The van der Waals surface area contributed by atoms with Crippen LogP contribution in [0.5, 0.6) is 0 Å². The maximum absolute atomic E-state index is 13.0. The monoisotopic (exact) mass is 366 g/mol. The van der Waals surface area contributed by atoms with Crippen molar-refractivity contribution in [3.8, 4) is 10.4 Å². The molecule has 2 saturated heterocycles. The highest BCUT2D eigenvalue weighted by molar-refractivity contribution is 7.17. The third-order valence-electron chi connectivity index (χ3n) is 4.76. The number of rotatable bonds is 2. The molecule has 1 aromatic carbocycles. The van der Waals surface area contributed by atoms with E-state index in [0.717, 1.165) is 34.8 Å². The summed E-state index contributed by atoms with van der Waals surface area (Å²) < 4.78 is 13.0. The van der Waals surface area contributed by atoms with Gasteiger partial charge in [-0.25, -0.2) is 4.39 Å². The molecule has 0 saturated carbocycles. The zero-order chi connectivity index (χ0) is 15.8. The van der Waals surface area contributed by atoms with Crippen molar-refractivity contribution in [1.82, 2.24) is 10.2 Å². The predicted octanol–water partition coefficient (Wildman–Crippen LogP) is 3.94. The number of fused-ring (bicyclic) bond motifs is 2. The summed E-state index contributed by atoms with van der Waals surface area (Å²) in [5.41, 5.74) is 0.951. The van der Waals surface area contributed by atoms with Gasteiger partial charge in [0.15, 0.2) is 0 Å². The Morgan fingerprint density at radius 1 is 1.08 bits per heavy atom. The molecule has 0 spiro atoms. The molecular weight excluding hydrogens is 347 g/mol. The molecule has 3 heterocycles.